The SMILES string of the molecule is N#Cc1ccc(NC2CCC3(CC3)C(=O)C2)cc1C(F)(F)F. The second-order valence-corrected chi connectivity index (χ2v) is 6.16. The van der Waals surface area contributed by atoms with Gasteiger partial charge in [0, 0.05) is 23.6 Å². The number of Topliss-reactive ketones (excluding diaryl/α,β-unsaturated/α-hetero) is 1. The van der Waals surface area contributed by atoms with Crippen LogP contribution in [0.2, 0.25) is 0 Å². The molecule has 3 nitrogen and oxygen atoms in total. The zero-order valence-corrected chi connectivity index (χ0v) is 11.8. The lowest BCUT2D eigenvalue weighted by molar-refractivity contribution is -0.137. The van der Waals surface area contributed by atoms with Crippen LogP contribution in [0.1, 0.15) is 43.2 Å². The summed E-state index contributed by atoms with van der Waals surface area (Å²) in [5.74, 6) is 0.223. The Kier molecular flexibility index (Phi) is 3.39. The van der Waals surface area contributed by atoms with E-state index >= 15 is 0 Å². The van der Waals surface area contributed by atoms with Crippen molar-refractivity contribution in [1.82, 2.24) is 0 Å². The van der Waals surface area contributed by atoms with E-state index in [1.807, 2.05) is 0 Å². The Hall–Kier alpha value is -2.03. The highest BCUT2D eigenvalue weighted by Crippen LogP contribution is 2.54. The minimum Gasteiger partial charge on any atom is -0.382 e. The predicted molar refractivity (Wildman–Crippen MR) is 74.1 cm³/mol. The molecule has 2 saturated carbocycles. The van der Waals surface area contributed by atoms with Gasteiger partial charge in [-0.2, -0.15) is 18.4 Å². The Bertz CT molecular complexity index is 656. The lowest BCUT2D eigenvalue weighted by Gasteiger charge is -2.29. The molecule has 0 amide bonds. The van der Waals surface area contributed by atoms with Crippen LogP contribution < -0.4 is 5.32 Å². The maximum absolute atomic E-state index is 12.9. The molecule has 116 valence electrons. The van der Waals surface area contributed by atoms with Crippen LogP contribution in [0.3, 0.4) is 0 Å². The van der Waals surface area contributed by atoms with E-state index in [4.69, 9.17) is 5.26 Å². The number of halogens is 3. The molecule has 1 unspecified atom stereocenters. The molecular weight excluding hydrogens is 293 g/mol. The third kappa shape index (κ3) is 2.68. The van der Waals surface area contributed by atoms with Crippen LogP contribution >= 0.6 is 0 Å². The lowest BCUT2D eigenvalue weighted by Crippen LogP contribution is -2.34. The summed E-state index contributed by atoms with van der Waals surface area (Å²) in [5, 5.41) is 11.8. The van der Waals surface area contributed by atoms with E-state index in [1.54, 1.807) is 6.07 Å². The van der Waals surface area contributed by atoms with E-state index in [2.05, 4.69) is 5.32 Å². The van der Waals surface area contributed by atoms with Crippen LogP contribution in [0.4, 0.5) is 18.9 Å². The molecule has 0 bridgehead atoms. The number of benzene rings is 1. The number of nitrogens with one attached hydrogen (secondary N) is 1. The zero-order valence-electron chi connectivity index (χ0n) is 11.8. The number of anilines is 1. The van der Waals surface area contributed by atoms with Gasteiger partial charge in [-0.3, -0.25) is 4.79 Å². The number of rotatable bonds is 2. The Morgan fingerprint density at radius 1 is 1.27 bits per heavy atom. The molecule has 0 saturated heterocycles. The number of hydrogen-bond acceptors (Lipinski definition) is 3. The minimum absolute atomic E-state index is 0.111. The van der Waals surface area contributed by atoms with Crippen LogP contribution in [-0.4, -0.2) is 11.8 Å². The van der Waals surface area contributed by atoms with E-state index in [0.29, 0.717) is 12.1 Å². The quantitative estimate of drug-likeness (QED) is 0.901. The molecule has 0 aromatic heterocycles. The first kappa shape index (κ1) is 14.9. The Labute approximate surface area is 126 Å². The molecule has 1 spiro atoms. The van der Waals surface area contributed by atoms with Crippen molar-refractivity contribution in [3.63, 3.8) is 0 Å². The van der Waals surface area contributed by atoms with Crippen LogP contribution in [0, 0.1) is 16.7 Å². The van der Waals surface area contributed by atoms with Crippen LogP contribution in [0.5, 0.6) is 0 Å². The first-order valence-electron chi connectivity index (χ1n) is 7.25. The van der Waals surface area contributed by atoms with Crippen molar-refractivity contribution in [2.45, 2.75) is 44.3 Å². The topological polar surface area (TPSA) is 52.9 Å². The first-order chi connectivity index (χ1) is 10.3. The summed E-state index contributed by atoms with van der Waals surface area (Å²) in [4.78, 5) is 12.0. The third-order valence-electron chi connectivity index (χ3n) is 4.66. The predicted octanol–water partition coefficient (Wildman–Crippen LogP) is 3.89. The molecule has 1 aromatic rings. The standard InChI is InChI=1S/C16H15F3N2O/c17-16(18,19)13-7-11(2-1-10(13)9-20)21-12-3-4-15(5-6-15)14(22)8-12/h1-2,7,12,21H,3-6,8H2. The maximum atomic E-state index is 12.9. The molecule has 2 aliphatic carbocycles. The molecule has 6 heteroatoms. The summed E-state index contributed by atoms with van der Waals surface area (Å²) in [5.41, 5.74) is -1.15. The number of carbonyl (C=O) groups is 1. The largest absolute Gasteiger partial charge is 0.417 e. The van der Waals surface area contributed by atoms with Crippen molar-refractivity contribution in [3.8, 4) is 6.07 Å². The average Bonchev–Trinajstić information content (AvgIpc) is 3.23. The molecule has 1 N–H and O–H groups in total. The third-order valence-corrected chi connectivity index (χ3v) is 4.66. The molecule has 2 aliphatic rings. The fraction of sp³-hybridized carbons (Fsp3) is 0.500. The number of alkyl halides is 3. The second-order valence-electron chi connectivity index (χ2n) is 6.16. The van der Waals surface area contributed by atoms with Crippen molar-refractivity contribution in [2.75, 3.05) is 5.32 Å². The highest BCUT2D eigenvalue weighted by molar-refractivity contribution is 5.89. The number of hydrogen-bond donors (Lipinski definition) is 1. The van der Waals surface area contributed by atoms with Crippen LogP contribution in [0.25, 0.3) is 0 Å². The summed E-state index contributed by atoms with van der Waals surface area (Å²) in [6.45, 7) is 0. The molecule has 3 rings (SSSR count). The van der Waals surface area contributed by atoms with Gasteiger partial charge in [-0.25, -0.2) is 0 Å². The molecule has 0 radical (unpaired) electrons. The highest BCUT2D eigenvalue weighted by atomic mass is 19.4. The summed E-state index contributed by atoms with van der Waals surface area (Å²) >= 11 is 0. The van der Waals surface area contributed by atoms with Gasteiger partial charge in [0.25, 0.3) is 0 Å². The van der Waals surface area contributed by atoms with Gasteiger partial charge in [-0.1, -0.05) is 0 Å². The van der Waals surface area contributed by atoms with Gasteiger partial charge in [-0.15, -0.1) is 0 Å². The van der Waals surface area contributed by atoms with Crippen LogP contribution in [-0.2, 0) is 11.0 Å². The van der Waals surface area contributed by atoms with Crippen molar-refractivity contribution >= 4 is 11.5 Å². The Morgan fingerprint density at radius 3 is 2.55 bits per heavy atom. The monoisotopic (exact) mass is 308 g/mol. The van der Waals surface area contributed by atoms with E-state index in [0.717, 1.165) is 37.8 Å². The van der Waals surface area contributed by atoms with Crippen molar-refractivity contribution < 1.29 is 18.0 Å². The molecule has 1 aromatic carbocycles. The minimum atomic E-state index is -4.57. The first-order valence-corrected chi connectivity index (χ1v) is 7.25. The van der Waals surface area contributed by atoms with Gasteiger partial charge in [-0.05, 0) is 43.9 Å². The number of nitriles is 1. The van der Waals surface area contributed by atoms with Gasteiger partial charge < -0.3 is 5.32 Å². The van der Waals surface area contributed by atoms with E-state index in [-0.39, 0.29) is 17.2 Å². The molecule has 1 atom stereocenters. The molecular formula is C16H15F3N2O. The highest BCUT2D eigenvalue weighted by Gasteiger charge is 2.51. The molecule has 0 heterocycles. The zero-order chi connectivity index (χ0) is 16.0. The molecule has 2 fully saturated rings. The second kappa shape index (κ2) is 5.01. The Morgan fingerprint density at radius 2 is 2.00 bits per heavy atom. The van der Waals surface area contributed by atoms with E-state index in [1.165, 1.54) is 6.07 Å². The van der Waals surface area contributed by atoms with Crippen molar-refractivity contribution in [3.05, 3.63) is 29.3 Å². The normalized spacial score (nSPS) is 23.2. The van der Waals surface area contributed by atoms with E-state index < -0.39 is 17.3 Å². The smallest absolute Gasteiger partial charge is 0.382 e. The Balaban J connectivity index is 1.76. The van der Waals surface area contributed by atoms with Gasteiger partial charge in [0.2, 0.25) is 0 Å². The van der Waals surface area contributed by atoms with Crippen LogP contribution in [0.15, 0.2) is 18.2 Å². The van der Waals surface area contributed by atoms with Gasteiger partial charge in [0.05, 0.1) is 17.2 Å². The van der Waals surface area contributed by atoms with Gasteiger partial charge >= 0.3 is 6.18 Å². The van der Waals surface area contributed by atoms with Gasteiger partial charge in [0.1, 0.15) is 5.78 Å². The molecule has 0 aliphatic heterocycles. The summed E-state index contributed by atoms with van der Waals surface area (Å²) < 4.78 is 38.8. The fourth-order valence-electron chi connectivity index (χ4n) is 3.14. The van der Waals surface area contributed by atoms with Crippen molar-refractivity contribution in [1.29, 1.82) is 5.26 Å². The number of nitrogens with zero attached hydrogens (tertiary/aromatic N) is 1. The lowest BCUT2D eigenvalue weighted by atomic mass is 9.82. The fourth-order valence-corrected chi connectivity index (χ4v) is 3.14. The molecule has 22 heavy (non-hydrogen) atoms. The van der Waals surface area contributed by atoms with Crippen molar-refractivity contribution in [2.24, 2.45) is 5.41 Å². The number of carbonyl (C=O) groups excluding carboxylic acids is 1. The van der Waals surface area contributed by atoms with Gasteiger partial charge in [0.15, 0.2) is 0 Å². The summed E-state index contributed by atoms with van der Waals surface area (Å²) in [6, 6.07) is 5.00. The average molecular weight is 308 g/mol. The number of ketones is 1. The van der Waals surface area contributed by atoms with E-state index in [9.17, 15) is 18.0 Å². The summed E-state index contributed by atoms with van der Waals surface area (Å²) in [7, 11) is 0. The summed E-state index contributed by atoms with van der Waals surface area (Å²) in [6.07, 6.45) is -0.704. The maximum Gasteiger partial charge on any atom is 0.417 e.